The monoisotopic (exact) mass is 294 g/mol. The van der Waals surface area contributed by atoms with Crippen LogP contribution < -0.4 is 0 Å². The van der Waals surface area contributed by atoms with Gasteiger partial charge < -0.3 is 4.90 Å². The maximum Gasteiger partial charge on any atom is 0.255 e. The van der Waals surface area contributed by atoms with Crippen molar-refractivity contribution in [1.82, 2.24) is 9.88 Å². The second-order valence-electron chi connectivity index (χ2n) is 6.17. The Kier molecular flexibility index (Phi) is 4.23. The van der Waals surface area contributed by atoms with Gasteiger partial charge >= 0.3 is 0 Å². The molecule has 1 aliphatic heterocycles. The highest BCUT2D eigenvalue weighted by Gasteiger charge is 2.29. The molecule has 0 radical (unpaired) electrons. The molecule has 2 unspecified atom stereocenters. The summed E-state index contributed by atoms with van der Waals surface area (Å²) in [6, 6.07) is 12.6. The molecule has 0 spiro atoms. The second kappa shape index (κ2) is 6.30. The fourth-order valence-corrected chi connectivity index (χ4v) is 3.32. The van der Waals surface area contributed by atoms with Crippen LogP contribution in [0.4, 0.5) is 0 Å². The molecule has 2 aromatic rings. The predicted molar refractivity (Wildman–Crippen MR) is 88.6 cm³/mol. The van der Waals surface area contributed by atoms with Gasteiger partial charge in [-0.15, -0.1) is 0 Å². The molecule has 1 aromatic heterocycles. The standard InChI is InChI=1S/C19H22N2O/c1-14-7-6-8-15(2)21(14)19(22)18-11-17(12-20-13-18)16-9-4-3-5-10-16/h3-5,9-15H,6-8H2,1-2H3. The van der Waals surface area contributed by atoms with Gasteiger partial charge in [0.05, 0.1) is 5.56 Å². The van der Waals surface area contributed by atoms with E-state index in [0.717, 1.165) is 24.0 Å². The Morgan fingerprint density at radius 3 is 2.41 bits per heavy atom. The molecule has 3 rings (SSSR count). The number of carbonyl (C=O) groups excluding carboxylic acids is 1. The number of aromatic nitrogens is 1. The van der Waals surface area contributed by atoms with Gasteiger partial charge in [-0.3, -0.25) is 9.78 Å². The number of pyridine rings is 1. The van der Waals surface area contributed by atoms with Crippen LogP contribution in [0.15, 0.2) is 48.8 Å². The first-order valence-electron chi connectivity index (χ1n) is 8.00. The molecule has 1 saturated heterocycles. The lowest BCUT2D eigenvalue weighted by Crippen LogP contribution is -2.47. The van der Waals surface area contributed by atoms with E-state index in [2.05, 4.69) is 18.8 Å². The molecule has 0 aliphatic carbocycles. The lowest BCUT2D eigenvalue weighted by molar-refractivity contribution is 0.0510. The fraction of sp³-hybridized carbons (Fsp3) is 0.368. The molecule has 1 aliphatic rings. The number of carbonyl (C=O) groups is 1. The summed E-state index contributed by atoms with van der Waals surface area (Å²) < 4.78 is 0. The first-order valence-corrected chi connectivity index (χ1v) is 8.00. The number of nitrogens with zero attached hydrogens (tertiary/aromatic N) is 2. The topological polar surface area (TPSA) is 33.2 Å². The van der Waals surface area contributed by atoms with Crippen LogP contribution in [0.2, 0.25) is 0 Å². The number of piperidine rings is 1. The third-order valence-corrected chi connectivity index (χ3v) is 4.52. The van der Waals surface area contributed by atoms with E-state index in [9.17, 15) is 4.79 Å². The molecular formula is C19H22N2O. The molecule has 114 valence electrons. The molecule has 1 aromatic carbocycles. The number of hydrogen-bond donors (Lipinski definition) is 0. The lowest BCUT2D eigenvalue weighted by atomic mass is 9.96. The van der Waals surface area contributed by atoms with Gasteiger partial charge in [0, 0.05) is 30.0 Å². The smallest absolute Gasteiger partial charge is 0.255 e. The maximum absolute atomic E-state index is 12.9. The van der Waals surface area contributed by atoms with Crippen molar-refractivity contribution < 1.29 is 4.79 Å². The summed E-state index contributed by atoms with van der Waals surface area (Å²) >= 11 is 0. The van der Waals surface area contributed by atoms with Gasteiger partial charge in [0.25, 0.3) is 5.91 Å². The molecule has 3 heteroatoms. The Morgan fingerprint density at radius 2 is 1.73 bits per heavy atom. The van der Waals surface area contributed by atoms with Gasteiger partial charge in [0.15, 0.2) is 0 Å². The summed E-state index contributed by atoms with van der Waals surface area (Å²) in [5.41, 5.74) is 2.76. The van der Waals surface area contributed by atoms with Crippen molar-refractivity contribution in [3.05, 3.63) is 54.4 Å². The van der Waals surface area contributed by atoms with Crippen LogP contribution in [0.25, 0.3) is 11.1 Å². The highest BCUT2D eigenvalue weighted by Crippen LogP contribution is 2.26. The Bertz CT molecular complexity index is 643. The van der Waals surface area contributed by atoms with Crippen LogP contribution in [-0.4, -0.2) is 27.9 Å². The van der Waals surface area contributed by atoms with E-state index < -0.39 is 0 Å². The van der Waals surface area contributed by atoms with Crippen LogP contribution >= 0.6 is 0 Å². The molecule has 1 fully saturated rings. The van der Waals surface area contributed by atoms with E-state index >= 15 is 0 Å². The average Bonchev–Trinajstić information content (AvgIpc) is 2.55. The van der Waals surface area contributed by atoms with Crippen LogP contribution in [0, 0.1) is 0 Å². The summed E-state index contributed by atoms with van der Waals surface area (Å²) in [5, 5.41) is 0. The normalized spacial score (nSPS) is 21.6. The SMILES string of the molecule is CC1CCCC(C)N1C(=O)c1cncc(-c2ccccc2)c1. The van der Waals surface area contributed by atoms with E-state index in [1.807, 2.05) is 47.5 Å². The van der Waals surface area contributed by atoms with Crippen molar-refractivity contribution in [2.75, 3.05) is 0 Å². The van der Waals surface area contributed by atoms with Crippen molar-refractivity contribution in [2.45, 2.75) is 45.2 Å². The minimum absolute atomic E-state index is 0.102. The van der Waals surface area contributed by atoms with Crippen LogP contribution in [0.5, 0.6) is 0 Å². The maximum atomic E-state index is 12.9. The summed E-state index contributed by atoms with van der Waals surface area (Å²) in [4.78, 5) is 19.2. The van der Waals surface area contributed by atoms with Crippen molar-refractivity contribution in [1.29, 1.82) is 0 Å². The molecule has 0 bridgehead atoms. The van der Waals surface area contributed by atoms with Gasteiger partial charge in [-0.2, -0.15) is 0 Å². The number of rotatable bonds is 2. The third-order valence-electron chi connectivity index (χ3n) is 4.52. The lowest BCUT2D eigenvalue weighted by Gasteiger charge is -2.39. The third kappa shape index (κ3) is 2.89. The fourth-order valence-electron chi connectivity index (χ4n) is 3.32. The van der Waals surface area contributed by atoms with Crippen molar-refractivity contribution >= 4 is 5.91 Å². The summed E-state index contributed by atoms with van der Waals surface area (Å²) in [6.45, 7) is 4.28. The van der Waals surface area contributed by atoms with Gasteiger partial charge in [-0.1, -0.05) is 30.3 Å². The zero-order chi connectivity index (χ0) is 15.5. The van der Waals surface area contributed by atoms with Crippen molar-refractivity contribution in [3.63, 3.8) is 0 Å². The van der Waals surface area contributed by atoms with Gasteiger partial charge in [-0.05, 0) is 44.7 Å². The Balaban J connectivity index is 1.90. The van der Waals surface area contributed by atoms with Gasteiger partial charge in [0.2, 0.25) is 0 Å². The molecular weight excluding hydrogens is 272 g/mol. The Morgan fingerprint density at radius 1 is 1.05 bits per heavy atom. The van der Waals surface area contributed by atoms with Crippen molar-refractivity contribution in [2.24, 2.45) is 0 Å². The second-order valence-corrected chi connectivity index (χ2v) is 6.17. The quantitative estimate of drug-likeness (QED) is 0.833. The summed E-state index contributed by atoms with van der Waals surface area (Å²) in [5.74, 6) is 0.102. The van der Waals surface area contributed by atoms with Crippen LogP contribution in [-0.2, 0) is 0 Å². The van der Waals surface area contributed by atoms with E-state index in [4.69, 9.17) is 0 Å². The van der Waals surface area contributed by atoms with E-state index in [1.54, 1.807) is 6.20 Å². The number of likely N-dealkylation sites (tertiary alicyclic amines) is 1. The van der Waals surface area contributed by atoms with E-state index in [1.165, 1.54) is 6.42 Å². The van der Waals surface area contributed by atoms with E-state index in [0.29, 0.717) is 17.6 Å². The number of hydrogen-bond acceptors (Lipinski definition) is 2. The predicted octanol–water partition coefficient (Wildman–Crippen LogP) is 4.15. The zero-order valence-corrected chi connectivity index (χ0v) is 13.2. The van der Waals surface area contributed by atoms with Crippen molar-refractivity contribution in [3.8, 4) is 11.1 Å². The van der Waals surface area contributed by atoms with Crippen LogP contribution in [0.3, 0.4) is 0 Å². The Labute approximate surface area is 132 Å². The molecule has 22 heavy (non-hydrogen) atoms. The van der Waals surface area contributed by atoms with E-state index in [-0.39, 0.29) is 5.91 Å². The first-order chi connectivity index (χ1) is 10.7. The summed E-state index contributed by atoms with van der Waals surface area (Å²) in [7, 11) is 0. The van der Waals surface area contributed by atoms with Gasteiger partial charge in [-0.25, -0.2) is 0 Å². The molecule has 1 amide bonds. The average molecular weight is 294 g/mol. The minimum atomic E-state index is 0.102. The highest BCUT2D eigenvalue weighted by molar-refractivity contribution is 5.95. The molecule has 3 nitrogen and oxygen atoms in total. The minimum Gasteiger partial charge on any atom is -0.333 e. The van der Waals surface area contributed by atoms with Crippen LogP contribution in [0.1, 0.15) is 43.5 Å². The molecule has 0 saturated carbocycles. The zero-order valence-electron chi connectivity index (χ0n) is 13.2. The summed E-state index contributed by atoms with van der Waals surface area (Å²) in [6.07, 6.45) is 6.87. The molecule has 2 heterocycles. The molecule has 0 N–H and O–H groups in total. The number of amides is 1. The molecule has 2 atom stereocenters. The number of benzene rings is 1. The largest absolute Gasteiger partial charge is 0.333 e. The Hall–Kier alpha value is -2.16. The first kappa shape index (κ1) is 14.8. The van der Waals surface area contributed by atoms with Gasteiger partial charge in [0.1, 0.15) is 0 Å². The highest BCUT2D eigenvalue weighted by atomic mass is 16.2.